The van der Waals surface area contributed by atoms with Crippen LogP contribution in [0.25, 0.3) is 11.4 Å². The lowest BCUT2D eigenvalue weighted by molar-refractivity contribution is -0.147. The molecule has 0 radical (unpaired) electrons. The Morgan fingerprint density at radius 3 is 2.65 bits per heavy atom. The van der Waals surface area contributed by atoms with E-state index in [0.29, 0.717) is 32.8 Å². The fourth-order valence-electron chi connectivity index (χ4n) is 3.00. The topological polar surface area (TPSA) is 116 Å². The molecule has 1 atom stereocenters. The number of aryl methyl sites for hydroxylation is 3. The summed E-state index contributed by atoms with van der Waals surface area (Å²) in [6.45, 7) is 5.38. The maximum Gasteiger partial charge on any atom is 0.312 e. The van der Waals surface area contributed by atoms with Gasteiger partial charge in [-0.05, 0) is 39.0 Å². The minimum Gasteiger partial charge on any atom is -0.457 e. The second-order valence-corrected chi connectivity index (χ2v) is 10.7. The minimum atomic E-state index is -3.43. The van der Waals surface area contributed by atoms with Crippen molar-refractivity contribution in [3.63, 3.8) is 0 Å². The average Bonchev–Trinajstić information content (AvgIpc) is 3.17. The molecule has 166 valence electrons. The van der Waals surface area contributed by atoms with Crippen molar-refractivity contribution in [2.45, 2.75) is 33.3 Å². The van der Waals surface area contributed by atoms with E-state index in [4.69, 9.17) is 16.3 Å². The highest BCUT2D eigenvalue weighted by Crippen LogP contribution is 2.33. The molecule has 3 aromatic heterocycles. The summed E-state index contributed by atoms with van der Waals surface area (Å²) in [5.41, 5.74) is 3.03. The van der Waals surface area contributed by atoms with Gasteiger partial charge in [0.25, 0.3) is 0 Å². The number of nitrogens with zero attached hydrogens (tertiary/aromatic N) is 4. The van der Waals surface area contributed by atoms with Crippen molar-refractivity contribution in [2.75, 3.05) is 11.0 Å². The first kappa shape index (κ1) is 23.2. The van der Waals surface area contributed by atoms with E-state index in [-0.39, 0.29) is 6.42 Å². The predicted octanol–water partition coefficient (Wildman–Crippen LogP) is 3.43. The molecule has 3 rings (SSSR count). The molecular weight excluding hydrogens is 462 g/mol. The number of nitrogens with one attached hydrogen (secondary N) is 1. The molecule has 0 fully saturated rings. The standard InChI is InChI=1S/C19H22ClN5O4S2/c1-10-8-13(19(20)30-10)12(3)29-17(26)9-16-18(22-24-25(16)4)15-7-6-14(11(2)21-15)23-31(5,27)28/h6-8,12,23H,9H2,1-5H3/t12-/m1/s1. The third kappa shape index (κ3) is 5.60. The van der Waals surface area contributed by atoms with E-state index >= 15 is 0 Å². The molecule has 0 spiro atoms. The molecule has 0 aliphatic heterocycles. The zero-order valence-corrected chi connectivity index (χ0v) is 20.0. The first-order valence-electron chi connectivity index (χ1n) is 9.24. The molecule has 0 aliphatic rings. The summed E-state index contributed by atoms with van der Waals surface area (Å²) in [5, 5.41) is 8.12. The van der Waals surface area contributed by atoms with Gasteiger partial charge in [-0.15, -0.1) is 16.4 Å². The maximum atomic E-state index is 12.6. The highest BCUT2D eigenvalue weighted by Gasteiger charge is 2.22. The van der Waals surface area contributed by atoms with Crippen molar-refractivity contribution in [2.24, 2.45) is 7.05 Å². The van der Waals surface area contributed by atoms with Gasteiger partial charge in [-0.1, -0.05) is 16.8 Å². The van der Waals surface area contributed by atoms with Crippen molar-refractivity contribution in [3.05, 3.63) is 44.4 Å². The Morgan fingerprint density at radius 2 is 2.06 bits per heavy atom. The summed E-state index contributed by atoms with van der Waals surface area (Å²) in [6, 6.07) is 5.12. The lowest BCUT2D eigenvalue weighted by atomic mass is 10.1. The van der Waals surface area contributed by atoms with Crippen LogP contribution in [0, 0.1) is 13.8 Å². The summed E-state index contributed by atoms with van der Waals surface area (Å²) < 4.78 is 33.0. The number of rotatable bonds is 7. The van der Waals surface area contributed by atoms with Crippen LogP contribution in [0.2, 0.25) is 4.34 Å². The lowest BCUT2D eigenvalue weighted by Gasteiger charge is -2.13. The maximum absolute atomic E-state index is 12.6. The van der Waals surface area contributed by atoms with E-state index in [9.17, 15) is 13.2 Å². The van der Waals surface area contributed by atoms with Gasteiger partial charge in [0.1, 0.15) is 11.8 Å². The quantitative estimate of drug-likeness (QED) is 0.511. The summed E-state index contributed by atoms with van der Waals surface area (Å²) in [4.78, 5) is 18.1. The van der Waals surface area contributed by atoms with Crippen molar-refractivity contribution in [1.29, 1.82) is 0 Å². The van der Waals surface area contributed by atoms with Crippen LogP contribution >= 0.6 is 22.9 Å². The van der Waals surface area contributed by atoms with Gasteiger partial charge in [0.05, 0.1) is 39.8 Å². The third-order valence-electron chi connectivity index (χ3n) is 4.46. The number of esters is 1. The first-order valence-corrected chi connectivity index (χ1v) is 12.3. The van der Waals surface area contributed by atoms with Gasteiger partial charge in [-0.2, -0.15) is 0 Å². The van der Waals surface area contributed by atoms with E-state index in [1.165, 1.54) is 16.0 Å². The van der Waals surface area contributed by atoms with Gasteiger partial charge in [0.15, 0.2) is 0 Å². The lowest BCUT2D eigenvalue weighted by Crippen LogP contribution is -2.14. The Hall–Kier alpha value is -2.50. The van der Waals surface area contributed by atoms with Crippen molar-refractivity contribution in [1.82, 2.24) is 20.0 Å². The van der Waals surface area contributed by atoms with Crippen molar-refractivity contribution < 1.29 is 17.9 Å². The van der Waals surface area contributed by atoms with Gasteiger partial charge in [0, 0.05) is 17.5 Å². The van der Waals surface area contributed by atoms with E-state index in [1.807, 2.05) is 13.0 Å². The number of carbonyl (C=O) groups excluding carboxylic acids is 1. The van der Waals surface area contributed by atoms with E-state index in [1.54, 1.807) is 33.0 Å². The van der Waals surface area contributed by atoms with E-state index < -0.39 is 22.1 Å². The molecule has 1 N–H and O–H groups in total. The summed E-state index contributed by atoms with van der Waals surface area (Å²) in [7, 11) is -1.75. The average molecular weight is 484 g/mol. The number of hydrogen-bond donors (Lipinski definition) is 1. The summed E-state index contributed by atoms with van der Waals surface area (Å²) >= 11 is 7.65. The largest absolute Gasteiger partial charge is 0.457 e. The van der Waals surface area contributed by atoms with E-state index in [2.05, 4.69) is 20.0 Å². The van der Waals surface area contributed by atoms with E-state index in [0.717, 1.165) is 16.7 Å². The molecule has 0 bridgehead atoms. The Kier molecular flexibility index (Phi) is 6.68. The van der Waals surface area contributed by atoms with Gasteiger partial charge in [0.2, 0.25) is 10.0 Å². The first-order chi connectivity index (χ1) is 14.4. The molecule has 0 unspecified atom stereocenters. The summed E-state index contributed by atoms with van der Waals surface area (Å²) in [6.07, 6.45) is 0.517. The van der Waals surface area contributed by atoms with Crippen LogP contribution in [0.3, 0.4) is 0 Å². The zero-order chi connectivity index (χ0) is 22.9. The number of halogens is 1. The number of hydrogen-bond acceptors (Lipinski definition) is 8. The molecular formula is C19H22ClN5O4S2. The normalized spacial score (nSPS) is 12.6. The molecule has 12 heteroatoms. The molecule has 0 aromatic carbocycles. The molecule has 3 aromatic rings. The molecule has 0 aliphatic carbocycles. The van der Waals surface area contributed by atoms with Crippen LogP contribution in [-0.4, -0.2) is 40.6 Å². The number of ether oxygens (including phenoxy) is 1. The Labute approximate surface area is 189 Å². The molecule has 3 heterocycles. The van der Waals surface area contributed by atoms with Crippen molar-refractivity contribution >= 4 is 44.6 Å². The third-order valence-corrected chi connectivity index (χ3v) is 6.36. The van der Waals surface area contributed by atoms with Crippen LogP contribution in [0.1, 0.15) is 34.9 Å². The minimum absolute atomic E-state index is 0.0615. The smallest absolute Gasteiger partial charge is 0.312 e. The van der Waals surface area contributed by atoms with Crippen LogP contribution < -0.4 is 4.72 Å². The number of thiophene rings is 1. The second kappa shape index (κ2) is 8.93. The number of anilines is 1. The Morgan fingerprint density at radius 1 is 1.35 bits per heavy atom. The van der Waals surface area contributed by atoms with Crippen LogP contribution in [-0.2, 0) is 33.0 Å². The number of aromatic nitrogens is 4. The predicted molar refractivity (Wildman–Crippen MR) is 120 cm³/mol. The van der Waals surface area contributed by atoms with Gasteiger partial charge < -0.3 is 4.74 Å². The fourth-order valence-corrected chi connectivity index (χ4v) is 5.00. The molecule has 0 saturated carbocycles. The number of sulfonamides is 1. The SMILES string of the molecule is Cc1cc([C@@H](C)OC(=O)Cc2c(-c3ccc(NS(C)(=O)=O)c(C)n3)nnn2C)c(Cl)s1. The van der Waals surface area contributed by atoms with Gasteiger partial charge >= 0.3 is 5.97 Å². The highest BCUT2D eigenvalue weighted by atomic mass is 35.5. The van der Waals surface area contributed by atoms with Crippen LogP contribution in [0.4, 0.5) is 5.69 Å². The zero-order valence-electron chi connectivity index (χ0n) is 17.6. The second-order valence-electron chi connectivity index (χ2n) is 7.11. The molecule has 31 heavy (non-hydrogen) atoms. The fraction of sp³-hybridized carbons (Fsp3) is 0.368. The molecule has 9 nitrogen and oxygen atoms in total. The monoisotopic (exact) mass is 483 g/mol. The van der Waals surface area contributed by atoms with Gasteiger partial charge in [-0.3, -0.25) is 14.2 Å². The number of carbonyl (C=O) groups is 1. The summed E-state index contributed by atoms with van der Waals surface area (Å²) in [5.74, 6) is -0.453. The molecule has 0 saturated heterocycles. The Bertz CT molecular complexity index is 1240. The van der Waals surface area contributed by atoms with Crippen molar-refractivity contribution in [3.8, 4) is 11.4 Å². The highest BCUT2D eigenvalue weighted by molar-refractivity contribution is 7.92. The Balaban J connectivity index is 1.80. The van der Waals surface area contributed by atoms with Gasteiger partial charge in [-0.25, -0.2) is 13.4 Å². The van der Waals surface area contributed by atoms with Crippen LogP contribution in [0.5, 0.6) is 0 Å². The van der Waals surface area contributed by atoms with Crippen LogP contribution in [0.15, 0.2) is 18.2 Å². The number of pyridine rings is 1. The molecule has 0 amide bonds.